The number of ether oxygens (including phenoxy) is 1. The number of benzene rings is 3. The first-order valence-electron chi connectivity index (χ1n) is 8.81. The maximum absolute atomic E-state index is 6.28. The minimum absolute atomic E-state index is 0.0126. The lowest BCUT2D eigenvalue weighted by molar-refractivity contribution is -0.717. The Hall–Kier alpha value is -2.87. The molecule has 0 unspecified atom stereocenters. The van der Waals surface area contributed by atoms with Gasteiger partial charge in [-0.3, -0.25) is 0 Å². The molecule has 2 nitrogen and oxygen atoms in total. The van der Waals surface area contributed by atoms with E-state index in [4.69, 9.17) is 4.74 Å². The molecule has 0 N–H and O–H groups in total. The van der Waals surface area contributed by atoms with E-state index in [9.17, 15) is 0 Å². The third-order valence-corrected chi connectivity index (χ3v) is 6.00. The van der Waals surface area contributed by atoms with Crippen LogP contribution in [0.4, 0.5) is 0 Å². The summed E-state index contributed by atoms with van der Waals surface area (Å²) in [6.45, 7) is 5.24. The van der Waals surface area contributed by atoms with Crippen LogP contribution in [-0.4, -0.2) is 0 Å². The average molecular weight is 324 g/mol. The fourth-order valence-electron chi connectivity index (χ4n) is 4.72. The highest BCUT2D eigenvalue weighted by Gasteiger charge is 2.45. The highest BCUT2D eigenvalue weighted by Crippen LogP contribution is 2.54. The molecule has 6 rings (SSSR count). The zero-order chi connectivity index (χ0) is 16.8. The van der Waals surface area contributed by atoms with Gasteiger partial charge in [0.1, 0.15) is 5.75 Å². The molecule has 25 heavy (non-hydrogen) atoms. The third kappa shape index (κ3) is 1.49. The number of aromatic nitrogens is 1. The van der Waals surface area contributed by atoms with E-state index in [2.05, 4.69) is 79.2 Å². The summed E-state index contributed by atoms with van der Waals surface area (Å²) >= 11 is 0. The zero-order valence-electron chi connectivity index (χ0n) is 14.3. The minimum Gasteiger partial charge on any atom is -0.434 e. The lowest BCUT2D eigenvalue weighted by Gasteiger charge is -2.21. The van der Waals surface area contributed by atoms with E-state index in [0.29, 0.717) is 6.73 Å². The van der Waals surface area contributed by atoms with Crippen molar-refractivity contribution in [3.05, 3.63) is 71.9 Å². The molecule has 0 saturated carbocycles. The maximum Gasteiger partial charge on any atom is 0.292 e. The molecule has 0 spiro atoms. The van der Waals surface area contributed by atoms with Crippen LogP contribution < -0.4 is 9.30 Å². The molecule has 4 aromatic rings. The summed E-state index contributed by atoms with van der Waals surface area (Å²) < 4.78 is 8.52. The second-order valence-corrected chi connectivity index (χ2v) is 7.65. The van der Waals surface area contributed by atoms with Crippen LogP contribution in [0, 0.1) is 0 Å². The highest BCUT2D eigenvalue weighted by molar-refractivity contribution is 6.12. The zero-order valence-corrected chi connectivity index (χ0v) is 14.3. The number of fused-ring (bicyclic) bond motifs is 4. The summed E-state index contributed by atoms with van der Waals surface area (Å²) in [7, 11) is 0. The lowest BCUT2D eigenvalue weighted by atomic mass is 9.81. The van der Waals surface area contributed by atoms with Crippen LogP contribution in [0.15, 0.2) is 60.8 Å². The molecule has 0 radical (unpaired) electrons. The van der Waals surface area contributed by atoms with Gasteiger partial charge in [-0.25, -0.2) is 0 Å². The molecule has 0 atom stereocenters. The van der Waals surface area contributed by atoms with E-state index in [1.807, 2.05) is 0 Å². The standard InChI is InChI=1S/C23H18NO/c1-23(2)18-8-5-11-24-13-25-22-16-10-9-14-6-3-4-7-15(14)17(16)12-19(23)20(22)21(18)24/h3-12H,13H2,1-2H3/q+1. The average Bonchev–Trinajstić information content (AvgIpc) is 2.88. The Balaban J connectivity index is 1.87. The molecule has 1 aromatic heterocycles. The predicted octanol–water partition coefficient (Wildman–Crippen LogP) is 4.94. The van der Waals surface area contributed by atoms with Gasteiger partial charge < -0.3 is 4.74 Å². The van der Waals surface area contributed by atoms with Gasteiger partial charge in [-0.2, -0.15) is 4.57 Å². The second kappa shape index (κ2) is 4.20. The normalized spacial score (nSPS) is 16.1. The third-order valence-electron chi connectivity index (χ3n) is 6.00. The topological polar surface area (TPSA) is 13.1 Å². The van der Waals surface area contributed by atoms with Gasteiger partial charge in [0.15, 0.2) is 6.20 Å². The number of hydrogen-bond acceptors (Lipinski definition) is 1. The van der Waals surface area contributed by atoms with Gasteiger partial charge in [0, 0.05) is 22.4 Å². The van der Waals surface area contributed by atoms with Crippen LogP contribution in [0.25, 0.3) is 32.8 Å². The smallest absolute Gasteiger partial charge is 0.292 e. The van der Waals surface area contributed by atoms with Crippen molar-refractivity contribution >= 4 is 21.5 Å². The van der Waals surface area contributed by atoms with Crippen molar-refractivity contribution in [1.29, 1.82) is 0 Å². The van der Waals surface area contributed by atoms with E-state index in [1.54, 1.807) is 0 Å². The monoisotopic (exact) mass is 324 g/mol. The van der Waals surface area contributed by atoms with Crippen molar-refractivity contribution in [1.82, 2.24) is 0 Å². The summed E-state index contributed by atoms with van der Waals surface area (Å²) in [5.41, 5.74) is 5.38. The molecule has 0 saturated heterocycles. The molecule has 120 valence electrons. The van der Waals surface area contributed by atoms with Gasteiger partial charge >= 0.3 is 0 Å². The van der Waals surface area contributed by atoms with Crippen LogP contribution >= 0.6 is 0 Å². The van der Waals surface area contributed by atoms with Crippen LogP contribution in [0.1, 0.15) is 25.0 Å². The number of hydrogen-bond donors (Lipinski definition) is 0. The van der Waals surface area contributed by atoms with Gasteiger partial charge in [-0.1, -0.05) is 44.2 Å². The van der Waals surface area contributed by atoms with Crippen LogP contribution in [0.3, 0.4) is 0 Å². The molecule has 1 aliphatic carbocycles. The first-order chi connectivity index (χ1) is 12.2. The quantitative estimate of drug-likeness (QED) is 0.330. The first kappa shape index (κ1) is 13.4. The van der Waals surface area contributed by atoms with Crippen molar-refractivity contribution in [2.24, 2.45) is 0 Å². The molecule has 0 fully saturated rings. The predicted molar refractivity (Wildman–Crippen MR) is 99.8 cm³/mol. The lowest BCUT2D eigenvalue weighted by Crippen LogP contribution is -2.41. The maximum atomic E-state index is 6.28. The summed E-state index contributed by atoms with van der Waals surface area (Å²) in [5.74, 6) is 1.05. The van der Waals surface area contributed by atoms with Gasteiger partial charge in [-0.05, 0) is 39.9 Å². The van der Waals surface area contributed by atoms with E-state index in [-0.39, 0.29) is 5.41 Å². The fourth-order valence-corrected chi connectivity index (χ4v) is 4.72. The van der Waals surface area contributed by atoms with Crippen molar-refractivity contribution in [3.8, 4) is 17.0 Å². The van der Waals surface area contributed by atoms with E-state index >= 15 is 0 Å². The first-order valence-corrected chi connectivity index (χ1v) is 8.81. The molecular formula is C23H18NO+. The molecule has 2 heteroatoms. The second-order valence-electron chi connectivity index (χ2n) is 7.65. The fraction of sp³-hybridized carbons (Fsp3) is 0.174. The summed E-state index contributed by atoms with van der Waals surface area (Å²) in [4.78, 5) is 0. The Morgan fingerprint density at radius 2 is 1.76 bits per heavy atom. The molecule has 2 aliphatic rings. The molecule has 0 amide bonds. The summed E-state index contributed by atoms with van der Waals surface area (Å²) in [5, 5.41) is 5.09. The molecular weight excluding hydrogens is 306 g/mol. The van der Waals surface area contributed by atoms with Gasteiger partial charge in [0.2, 0.25) is 5.69 Å². The Labute approximate surface area is 146 Å². The van der Waals surface area contributed by atoms with Crippen molar-refractivity contribution in [3.63, 3.8) is 0 Å². The van der Waals surface area contributed by atoms with Gasteiger partial charge in [0.05, 0.1) is 5.56 Å². The Kier molecular flexibility index (Phi) is 2.26. The highest BCUT2D eigenvalue weighted by atomic mass is 16.5. The van der Waals surface area contributed by atoms with Crippen LogP contribution in [0.2, 0.25) is 0 Å². The SMILES string of the molecule is CC1(C)c2cc3c(ccc4ccccc43)c3c2-c2c1ccc[n+]2CO3. The number of nitrogens with zero attached hydrogens (tertiary/aromatic N) is 1. The van der Waals surface area contributed by atoms with Crippen molar-refractivity contribution in [2.45, 2.75) is 26.0 Å². The number of rotatable bonds is 0. The summed E-state index contributed by atoms with van der Waals surface area (Å²) in [6.07, 6.45) is 2.12. The van der Waals surface area contributed by atoms with Crippen molar-refractivity contribution in [2.75, 3.05) is 0 Å². The Morgan fingerprint density at radius 3 is 2.68 bits per heavy atom. The van der Waals surface area contributed by atoms with E-state index in [0.717, 1.165) is 5.75 Å². The van der Waals surface area contributed by atoms with E-state index in [1.165, 1.54) is 43.9 Å². The molecule has 1 aliphatic heterocycles. The van der Waals surface area contributed by atoms with Gasteiger partial charge in [-0.15, -0.1) is 0 Å². The molecule has 0 bridgehead atoms. The Morgan fingerprint density at radius 1 is 0.880 bits per heavy atom. The Bertz CT molecular complexity index is 1220. The van der Waals surface area contributed by atoms with Crippen LogP contribution in [0.5, 0.6) is 5.75 Å². The minimum atomic E-state index is -0.0126. The van der Waals surface area contributed by atoms with Gasteiger partial charge in [0.25, 0.3) is 6.73 Å². The molecule has 3 aromatic carbocycles. The largest absolute Gasteiger partial charge is 0.434 e. The molecule has 2 heterocycles. The van der Waals surface area contributed by atoms with Crippen molar-refractivity contribution < 1.29 is 9.30 Å². The number of pyridine rings is 1. The summed E-state index contributed by atoms with van der Waals surface area (Å²) in [6, 6.07) is 19.8. The van der Waals surface area contributed by atoms with Crippen LogP contribution in [-0.2, 0) is 12.1 Å². The van der Waals surface area contributed by atoms with E-state index < -0.39 is 0 Å².